The first-order valence-corrected chi connectivity index (χ1v) is 7.07. The minimum Gasteiger partial charge on any atom is -0.419 e. The van der Waals surface area contributed by atoms with E-state index in [4.69, 9.17) is 16.3 Å². The summed E-state index contributed by atoms with van der Waals surface area (Å²) in [6.45, 7) is 4.81. The molecule has 3 nitrogen and oxygen atoms in total. The van der Waals surface area contributed by atoms with Gasteiger partial charge in [-0.25, -0.2) is 4.79 Å². The molecule has 0 bridgehead atoms. The third-order valence-corrected chi connectivity index (χ3v) is 3.78. The summed E-state index contributed by atoms with van der Waals surface area (Å²) in [6.07, 6.45) is 6.97. The number of hydrogen-bond donors (Lipinski definition) is 0. The van der Waals surface area contributed by atoms with Crippen molar-refractivity contribution in [2.24, 2.45) is 5.92 Å². The van der Waals surface area contributed by atoms with Crippen LogP contribution in [0.1, 0.15) is 18.4 Å². The van der Waals surface area contributed by atoms with Crippen molar-refractivity contribution in [2.75, 3.05) is 13.1 Å². The molecule has 1 aliphatic rings. The lowest BCUT2D eigenvalue weighted by atomic mass is 9.96. The number of benzene rings is 1. The molecule has 0 spiro atoms. The summed E-state index contributed by atoms with van der Waals surface area (Å²) in [5.74, 6) is 0.471. The SMILES string of the molecule is C=COC(=O)N1CCC(C=Cc2ccccc2Cl)CC1. The molecule has 1 aromatic rings. The lowest BCUT2D eigenvalue weighted by Crippen LogP contribution is -2.37. The summed E-state index contributed by atoms with van der Waals surface area (Å²) in [5, 5.41) is 0.760. The van der Waals surface area contributed by atoms with Crippen molar-refractivity contribution >= 4 is 23.8 Å². The van der Waals surface area contributed by atoms with Crippen molar-refractivity contribution in [3.05, 3.63) is 53.8 Å². The highest BCUT2D eigenvalue weighted by atomic mass is 35.5. The van der Waals surface area contributed by atoms with Crippen molar-refractivity contribution in [3.8, 4) is 0 Å². The molecule has 0 aromatic heterocycles. The molecule has 20 heavy (non-hydrogen) atoms. The average Bonchev–Trinajstić information content (AvgIpc) is 2.47. The highest BCUT2D eigenvalue weighted by Crippen LogP contribution is 2.22. The lowest BCUT2D eigenvalue weighted by Gasteiger charge is -2.29. The van der Waals surface area contributed by atoms with Gasteiger partial charge in [-0.1, -0.05) is 48.5 Å². The van der Waals surface area contributed by atoms with Gasteiger partial charge in [0.2, 0.25) is 0 Å². The van der Waals surface area contributed by atoms with Gasteiger partial charge in [-0.2, -0.15) is 0 Å². The van der Waals surface area contributed by atoms with E-state index in [1.807, 2.05) is 24.3 Å². The van der Waals surface area contributed by atoms with Crippen LogP contribution in [0.15, 0.2) is 43.2 Å². The Labute approximate surface area is 124 Å². The number of ether oxygens (including phenoxy) is 1. The lowest BCUT2D eigenvalue weighted by molar-refractivity contribution is 0.122. The Kier molecular flexibility index (Phi) is 5.24. The van der Waals surface area contributed by atoms with Crippen molar-refractivity contribution in [3.63, 3.8) is 0 Å². The minimum absolute atomic E-state index is 0.312. The van der Waals surface area contributed by atoms with E-state index in [2.05, 4.69) is 18.7 Å². The Morgan fingerprint density at radius 3 is 2.70 bits per heavy atom. The van der Waals surface area contributed by atoms with Crippen LogP contribution >= 0.6 is 11.6 Å². The third-order valence-electron chi connectivity index (χ3n) is 3.44. The molecule has 1 saturated heterocycles. The number of allylic oxidation sites excluding steroid dienone is 1. The van der Waals surface area contributed by atoms with Gasteiger partial charge in [0.25, 0.3) is 0 Å². The van der Waals surface area contributed by atoms with Crippen LogP contribution < -0.4 is 0 Å². The first-order valence-electron chi connectivity index (χ1n) is 6.70. The molecule has 0 atom stereocenters. The van der Waals surface area contributed by atoms with Crippen LogP contribution in [-0.4, -0.2) is 24.1 Å². The van der Waals surface area contributed by atoms with Crippen LogP contribution in [-0.2, 0) is 4.74 Å². The first kappa shape index (κ1) is 14.7. The topological polar surface area (TPSA) is 29.5 Å². The molecule has 0 aliphatic carbocycles. The average molecular weight is 292 g/mol. The van der Waals surface area contributed by atoms with Gasteiger partial charge in [-0.15, -0.1) is 0 Å². The molecule has 1 aromatic carbocycles. The van der Waals surface area contributed by atoms with Crippen molar-refractivity contribution < 1.29 is 9.53 Å². The molecular weight excluding hydrogens is 274 g/mol. The highest BCUT2D eigenvalue weighted by Gasteiger charge is 2.21. The fraction of sp³-hybridized carbons (Fsp3) is 0.312. The predicted octanol–water partition coefficient (Wildman–Crippen LogP) is 4.35. The fourth-order valence-corrected chi connectivity index (χ4v) is 2.47. The summed E-state index contributed by atoms with van der Waals surface area (Å²) < 4.78 is 4.78. The maximum atomic E-state index is 11.5. The van der Waals surface area contributed by atoms with Gasteiger partial charge in [0.1, 0.15) is 0 Å². The Morgan fingerprint density at radius 2 is 2.05 bits per heavy atom. The number of hydrogen-bond acceptors (Lipinski definition) is 2. The maximum absolute atomic E-state index is 11.5. The number of amides is 1. The van der Waals surface area contributed by atoms with E-state index in [0.29, 0.717) is 19.0 Å². The number of piperidine rings is 1. The predicted molar refractivity (Wildman–Crippen MR) is 81.5 cm³/mol. The quantitative estimate of drug-likeness (QED) is 0.775. The Morgan fingerprint density at radius 1 is 1.35 bits per heavy atom. The minimum atomic E-state index is -0.312. The zero-order valence-corrected chi connectivity index (χ0v) is 12.1. The maximum Gasteiger partial charge on any atom is 0.414 e. The van der Waals surface area contributed by atoms with E-state index in [0.717, 1.165) is 23.4 Å². The summed E-state index contributed by atoms with van der Waals surface area (Å²) in [6, 6.07) is 7.77. The van der Waals surface area contributed by atoms with E-state index in [9.17, 15) is 4.79 Å². The van der Waals surface area contributed by atoms with Crippen LogP contribution in [0.4, 0.5) is 4.79 Å². The van der Waals surface area contributed by atoms with E-state index in [1.165, 1.54) is 6.26 Å². The molecule has 4 heteroatoms. The van der Waals surface area contributed by atoms with Gasteiger partial charge in [0.05, 0.1) is 6.26 Å². The second-order valence-electron chi connectivity index (χ2n) is 4.76. The van der Waals surface area contributed by atoms with Crippen molar-refractivity contribution in [2.45, 2.75) is 12.8 Å². The normalized spacial score (nSPS) is 16.4. The molecule has 1 aliphatic heterocycles. The van der Waals surface area contributed by atoms with Crippen LogP contribution in [0.3, 0.4) is 0 Å². The molecular formula is C16H18ClNO2. The first-order chi connectivity index (χ1) is 9.70. The molecule has 0 saturated carbocycles. The zero-order chi connectivity index (χ0) is 14.4. The molecule has 106 valence electrons. The number of likely N-dealkylation sites (tertiary alicyclic amines) is 1. The summed E-state index contributed by atoms with van der Waals surface area (Å²) in [7, 11) is 0. The number of rotatable bonds is 3. The molecule has 1 heterocycles. The van der Waals surface area contributed by atoms with Crippen LogP contribution in [0.25, 0.3) is 6.08 Å². The van der Waals surface area contributed by atoms with Crippen LogP contribution in [0.5, 0.6) is 0 Å². The second kappa shape index (κ2) is 7.15. The Hall–Kier alpha value is -1.74. The van der Waals surface area contributed by atoms with Crippen molar-refractivity contribution in [1.29, 1.82) is 0 Å². The van der Waals surface area contributed by atoms with Gasteiger partial charge >= 0.3 is 6.09 Å². The summed E-state index contributed by atoms with van der Waals surface area (Å²) >= 11 is 6.11. The molecule has 0 N–H and O–H groups in total. The second-order valence-corrected chi connectivity index (χ2v) is 5.16. The molecule has 0 radical (unpaired) electrons. The molecule has 2 rings (SSSR count). The van der Waals surface area contributed by atoms with Crippen LogP contribution in [0.2, 0.25) is 5.02 Å². The van der Waals surface area contributed by atoms with Gasteiger partial charge in [0.15, 0.2) is 0 Å². The number of nitrogens with zero attached hydrogens (tertiary/aromatic N) is 1. The Balaban J connectivity index is 1.87. The van der Waals surface area contributed by atoms with E-state index < -0.39 is 0 Å². The summed E-state index contributed by atoms with van der Waals surface area (Å²) in [4.78, 5) is 13.2. The van der Waals surface area contributed by atoms with E-state index >= 15 is 0 Å². The molecule has 0 unspecified atom stereocenters. The van der Waals surface area contributed by atoms with Gasteiger partial charge < -0.3 is 9.64 Å². The number of carbonyl (C=O) groups excluding carboxylic acids is 1. The smallest absolute Gasteiger partial charge is 0.414 e. The highest BCUT2D eigenvalue weighted by molar-refractivity contribution is 6.32. The van der Waals surface area contributed by atoms with Gasteiger partial charge in [0, 0.05) is 18.1 Å². The molecule has 1 amide bonds. The van der Waals surface area contributed by atoms with E-state index in [1.54, 1.807) is 4.90 Å². The Bertz CT molecular complexity index is 505. The summed E-state index contributed by atoms with van der Waals surface area (Å²) in [5.41, 5.74) is 1.03. The zero-order valence-electron chi connectivity index (χ0n) is 11.3. The third kappa shape index (κ3) is 3.87. The number of halogens is 1. The number of carbonyl (C=O) groups is 1. The van der Waals surface area contributed by atoms with Gasteiger partial charge in [-0.05, 0) is 30.4 Å². The largest absolute Gasteiger partial charge is 0.419 e. The molecule has 1 fully saturated rings. The standard InChI is InChI=1S/C16H18ClNO2/c1-2-20-16(19)18-11-9-13(10-12-18)7-8-14-5-3-4-6-15(14)17/h2-8,13H,1,9-12H2. The van der Waals surface area contributed by atoms with Crippen molar-refractivity contribution in [1.82, 2.24) is 4.90 Å². The van der Waals surface area contributed by atoms with Gasteiger partial charge in [-0.3, -0.25) is 0 Å². The fourth-order valence-electron chi connectivity index (χ4n) is 2.27. The van der Waals surface area contributed by atoms with E-state index in [-0.39, 0.29) is 6.09 Å². The monoisotopic (exact) mass is 291 g/mol. The van der Waals surface area contributed by atoms with Crippen LogP contribution in [0, 0.1) is 5.92 Å².